The number of hydrogen-bond donors (Lipinski definition) is 1. The van der Waals surface area contributed by atoms with E-state index >= 15 is 0 Å². The normalized spacial score (nSPS) is 10.8. The van der Waals surface area contributed by atoms with Crippen LogP contribution in [0.1, 0.15) is 21.5 Å². The molecule has 1 N–H and O–H groups in total. The molecule has 0 aliphatic carbocycles. The fourth-order valence-electron chi connectivity index (χ4n) is 2.60. The molecule has 0 bridgehead atoms. The van der Waals surface area contributed by atoms with Crippen LogP contribution in [0.3, 0.4) is 0 Å². The lowest BCUT2D eigenvalue weighted by molar-refractivity contribution is -0.385. The van der Waals surface area contributed by atoms with E-state index in [4.69, 9.17) is 4.74 Å². The summed E-state index contributed by atoms with van der Waals surface area (Å²) in [4.78, 5) is 34.7. The Labute approximate surface area is 177 Å². The number of esters is 1. The van der Waals surface area contributed by atoms with Crippen LogP contribution in [0.2, 0.25) is 0 Å². The van der Waals surface area contributed by atoms with Gasteiger partial charge in [-0.3, -0.25) is 14.9 Å². The number of benzene rings is 3. The van der Waals surface area contributed by atoms with E-state index in [0.29, 0.717) is 5.56 Å². The minimum Gasteiger partial charge on any atom is -0.423 e. The summed E-state index contributed by atoms with van der Waals surface area (Å²) in [5.74, 6) is -1.06. The number of amides is 1. The van der Waals surface area contributed by atoms with Gasteiger partial charge in [0, 0.05) is 17.7 Å². The van der Waals surface area contributed by atoms with Crippen molar-refractivity contribution in [3.8, 4) is 5.75 Å². The van der Waals surface area contributed by atoms with E-state index in [2.05, 4.69) is 10.5 Å². The number of ether oxygens (including phenoxy) is 1. The minimum absolute atomic E-state index is 0.115. The van der Waals surface area contributed by atoms with Gasteiger partial charge in [0.05, 0.1) is 11.1 Å². The monoisotopic (exact) mass is 415 g/mol. The highest BCUT2D eigenvalue weighted by molar-refractivity contribution is 5.98. The molecule has 0 fully saturated rings. The fraction of sp³-hybridized carbons (Fsp3) is 0. The molecular formula is C23H17N3O5. The maximum absolute atomic E-state index is 12.2. The molecule has 3 aromatic rings. The SMILES string of the molecule is O=C(/C=C/c1ccccc1)Oc1ccccc1/C=N/NC(=O)c1ccccc1[N+](=O)[O-]. The molecule has 0 unspecified atom stereocenters. The molecule has 0 aliphatic heterocycles. The van der Waals surface area contributed by atoms with Crippen molar-refractivity contribution < 1.29 is 19.2 Å². The molecule has 154 valence electrons. The molecule has 1 amide bonds. The topological polar surface area (TPSA) is 111 Å². The van der Waals surface area contributed by atoms with Gasteiger partial charge in [-0.2, -0.15) is 5.10 Å². The maximum Gasteiger partial charge on any atom is 0.336 e. The summed E-state index contributed by atoms with van der Waals surface area (Å²) in [6.45, 7) is 0. The van der Waals surface area contributed by atoms with Gasteiger partial charge in [-0.05, 0) is 29.8 Å². The van der Waals surface area contributed by atoms with Crippen molar-refractivity contribution in [2.75, 3.05) is 0 Å². The Morgan fingerprint density at radius 2 is 1.61 bits per heavy atom. The molecule has 0 spiro atoms. The van der Waals surface area contributed by atoms with Gasteiger partial charge < -0.3 is 4.74 Å². The second-order valence-corrected chi connectivity index (χ2v) is 6.18. The van der Waals surface area contributed by atoms with Crippen molar-refractivity contribution >= 4 is 29.9 Å². The third-order valence-electron chi connectivity index (χ3n) is 4.06. The molecule has 0 atom stereocenters. The molecule has 8 nitrogen and oxygen atoms in total. The summed E-state index contributed by atoms with van der Waals surface area (Å²) in [7, 11) is 0. The number of nitro benzene ring substituents is 1. The van der Waals surface area contributed by atoms with Gasteiger partial charge in [0.15, 0.2) is 0 Å². The average Bonchev–Trinajstić information content (AvgIpc) is 2.79. The van der Waals surface area contributed by atoms with Crippen LogP contribution in [-0.4, -0.2) is 23.0 Å². The Kier molecular flexibility index (Phi) is 6.99. The van der Waals surface area contributed by atoms with Gasteiger partial charge in [-0.25, -0.2) is 10.2 Å². The predicted molar refractivity (Wildman–Crippen MR) is 116 cm³/mol. The van der Waals surface area contributed by atoms with Crippen molar-refractivity contribution in [2.24, 2.45) is 5.10 Å². The number of carbonyl (C=O) groups excluding carboxylic acids is 2. The fourth-order valence-corrected chi connectivity index (χ4v) is 2.60. The van der Waals surface area contributed by atoms with Crippen molar-refractivity contribution in [3.05, 3.63) is 112 Å². The molecular weight excluding hydrogens is 398 g/mol. The second-order valence-electron chi connectivity index (χ2n) is 6.18. The molecule has 8 heteroatoms. The highest BCUT2D eigenvalue weighted by atomic mass is 16.6. The third kappa shape index (κ3) is 5.94. The van der Waals surface area contributed by atoms with Crippen molar-refractivity contribution in [2.45, 2.75) is 0 Å². The van der Waals surface area contributed by atoms with Gasteiger partial charge in [0.2, 0.25) is 0 Å². The predicted octanol–water partition coefficient (Wildman–Crippen LogP) is 3.98. The summed E-state index contributed by atoms with van der Waals surface area (Å²) < 4.78 is 5.34. The van der Waals surface area contributed by atoms with Crippen LogP contribution < -0.4 is 10.2 Å². The van der Waals surface area contributed by atoms with E-state index in [1.807, 2.05) is 30.3 Å². The molecule has 0 saturated heterocycles. The molecule has 0 aromatic heterocycles. The van der Waals surface area contributed by atoms with Crippen molar-refractivity contribution in [3.63, 3.8) is 0 Å². The minimum atomic E-state index is -0.733. The highest BCUT2D eigenvalue weighted by Gasteiger charge is 2.18. The zero-order valence-electron chi connectivity index (χ0n) is 16.2. The van der Waals surface area contributed by atoms with Gasteiger partial charge in [-0.1, -0.05) is 54.6 Å². The number of rotatable bonds is 7. The van der Waals surface area contributed by atoms with Crippen molar-refractivity contribution in [1.29, 1.82) is 0 Å². The Morgan fingerprint density at radius 1 is 0.935 bits per heavy atom. The number of carbonyl (C=O) groups is 2. The van der Waals surface area contributed by atoms with Gasteiger partial charge >= 0.3 is 5.97 Å². The van der Waals surface area contributed by atoms with E-state index in [0.717, 1.165) is 5.56 Å². The van der Waals surface area contributed by atoms with Crippen LogP contribution in [0.5, 0.6) is 5.75 Å². The summed E-state index contributed by atoms with van der Waals surface area (Å²) in [6.07, 6.45) is 4.22. The number of hydrogen-bond acceptors (Lipinski definition) is 6. The molecule has 0 heterocycles. The summed E-state index contributed by atoms with van der Waals surface area (Å²) in [6, 6.07) is 21.5. The first kappa shape index (κ1) is 21.1. The first-order chi connectivity index (χ1) is 15.0. The van der Waals surface area contributed by atoms with Crippen LogP contribution in [0, 0.1) is 10.1 Å². The average molecular weight is 415 g/mol. The van der Waals surface area contributed by atoms with Crippen molar-refractivity contribution in [1.82, 2.24) is 5.43 Å². The highest BCUT2D eigenvalue weighted by Crippen LogP contribution is 2.18. The number of para-hydroxylation sites is 2. The van der Waals surface area contributed by atoms with E-state index in [1.165, 1.54) is 36.6 Å². The van der Waals surface area contributed by atoms with Crippen LogP contribution in [0.4, 0.5) is 5.69 Å². The summed E-state index contributed by atoms with van der Waals surface area (Å²) >= 11 is 0. The quantitative estimate of drug-likeness (QED) is 0.157. The molecule has 3 aromatic carbocycles. The Morgan fingerprint density at radius 3 is 2.39 bits per heavy atom. The number of nitrogens with one attached hydrogen (secondary N) is 1. The van der Waals surface area contributed by atoms with E-state index in [1.54, 1.807) is 30.3 Å². The third-order valence-corrected chi connectivity index (χ3v) is 4.06. The first-order valence-corrected chi connectivity index (χ1v) is 9.15. The largest absolute Gasteiger partial charge is 0.423 e. The first-order valence-electron chi connectivity index (χ1n) is 9.15. The summed E-state index contributed by atoms with van der Waals surface area (Å²) in [5.41, 5.74) is 3.09. The van der Waals surface area contributed by atoms with Crippen LogP contribution in [-0.2, 0) is 4.79 Å². The standard InChI is InChI=1S/C23H17N3O5/c27-22(15-14-17-8-2-1-3-9-17)31-21-13-7-4-10-18(21)16-24-25-23(28)19-11-5-6-12-20(19)26(29)30/h1-16H,(H,25,28)/b15-14+,24-16+. The van der Waals surface area contributed by atoms with E-state index in [-0.39, 0.29) is 17.0 Å². The number of hydrazone groups is 1. The lowest BCUT2D eigenvalue weighted by Crippen LogP contribution is -2.19. The van der Waals surface area contributed by atoms with Gasteiger partial charge in [0.25, 0.3) is 11.6 Å². The summed E-state index contributed by atoms with van der Waals surface area (Å²) in [5, 5.41) is 14.9. The Balaban J connectivity index is 1.67. The lowest BCUT2D eigenvalue weighted by atomic mass is 10.2. The lowest BCUT2D eigenvalue weighted by Gasteiger charge is -2.05. The van der Waals surface area contributed by atoms with Crippen LogP contribution in [0.25, 0.3) is 6.08 Å². The Hall–Kier alpha value is -4.59. The maximum atomic E-state index is 12.2. The second kappa shape index (κ2) is 10.3. The molecule has 3 rings (SSSR count). The van der Waals surface area contributed by atoms with E-state index < -0.39 is 16.8 Å². The number of nitrogens with zero attached hydrogens (tertiary/aromatic N) is 2. The number of nitro groups is 1. The van der Waals surface area contributed by atoms with E-state index in [9.17, 15) is 19.7 Å². The smallest absolute Gasteiger partial charge is 0.336 e. The van der Waals surface area contributed by atoms with Crippen LogP contribution in [0.15, 0.2) is 90.0 Å². The molecule has 0 saturated carbocycles. The Bertz CT molecular complexity index is 1160. The van der Waals surface area contributed by atoms with Gasteiger partial charge in [-0.15, -0.1) is 0 Å². The van der Waals surface area contributed by atoms with Gasteiger partial charge in [0.1, 0.15) is 11.3 Å². The zero-order valence-corrected chi connectivity index (χ0v) is 16.2. The zero-order chi connectivity index (χ0) is 22.1. The van der Waals surface area contributed by atoms with Crippen LogP contribution >= 0.6 is 0 Å². The molecule has 31 heavy (non-hydrogen) atoms. The molecule has 0 aliphatic rings. The molecule has 0 radical (unpaired) electrons.